The van der Waals surface area contributed by atoms with Crippen molar-refractivity contribution in [3.63, 3.8) is 0 Å². The third kappa shape index (κ3) is 2.08. The second-order valence-electron chi connectivity index (χ2n) is 7.21. The molecule has 2 aliphatic carbocycles. The van der Waals surface area contributed by atoms with Gasteiger partial charge in [0.15, 0.2) is 0 Å². The molecule has 0 bridgehead atoms. The Morgan fingerprint density at radius 3 is 2.33 bits per heavy atom. The first-order chi connectivity index (χ1) is 9.93. The lowest BCUT2D eigenvalue weighted by atomic mass is 9.57. The molecule has 3 aliphatic rings. The minimum absolute atomic E-state index is 0.182. The Hall–Kier alpha value is -1.10. The maximum atomic E-state index is 13.0. The lowest BCUT2D eigenvalue weighted by Gasteiger charge is -2.54. The zero-order valence-electron chi connectivity index (χ0n) is 11.8. The van der Waals surface area contributed by atoms with E-state index in [1.54, 1.807) is 12.3 Å². The van der Waals surface area contributed by atoms with Crippen LogP contribution in [0.25, 0.3) is 0 Å². The Labute approximate surface area is 122 Å². The van der Waals surface area contributed by atoms with E-state index in [-0.39, 0.29) is 18.5 Å². The van der Waals surface area contributed by atoms with Crippen LogP contribution in [0.3, 0.4) is 0 Å². The molecule has 21 heavy (non-hydrogen) atoms. The third-order valence-corrected chi connectivity index (χ3v) is 5.58. The van der Waals surface area contributed by atoms with Gasteiger partial charge in [-0.15, -0.1) is 0 Å². The predicted molar refractivity (Wildman–Crippen MR) is 72.9 cm³/mol. The van der Waals surface area contributed by atoms with Gasteiger partial charge in [-0.3, -0.25) is 4.98 Å². The Balaban J connectivity index is 1.41. The summed E-state index contributed by atoms with van der Waals surface area (Å²) in [6.07, 6.45) is 1.29. The molecular weight excluding hydrogens is 277 g/mol. The van der Waals surface area contributed by atoms with Crippen LogP contribution >= 0.6 is 0 Å². The molecule has 0 amide bonds. The van der Waals surface area contributed by atoms with Gasteiger partial charge in [0.05, 0.1) is 5.69 Å². The first-order valence-corrected chi connectivity index (χ1v) is 7.65. The molecule has 0 atom stereocenters. The summed E-state index contributed by atoms with van der Waals surface area (Å²) in [7, 11) is 0. The first kappa shape index (κ1) is 13.6. The predicted octanol–water partition coefficient (Wildman–Crippen LogP) is 3.22. The number of aromatic nitrogens is 1. The molecule has 4 rings (SSSR count). The molecule has 2 nitrogen and oxygen atoms in total. The largest absolute Gasteiger partial charge is 0.399 e. The number of pyridine rings is 1. The number of nitrogens with zero attached hydrogens (tertiary/aromatic N) is 1. The lowest BCUT2D eigenvalue weighted by molar-refractivity contribution is -0.161. The van der Waals surface area contributed by atoms with Crippen LogP contribution in [0, 0.1) is 11.3 Å². The highest BCUT2D eigenvalue weighted by molar-refractivity contribution is 5.29. The van der Waals surface area contributed by atoms with Crippen LogP contribution in [0.15, 0.2) is 18.3 Å². The smallest absolute Gasteiger partial charge is 0.316 e. The molecule has 2 saturated carbocycles. The van der Waals surface area contributed by atoms with Crippen molar-refractivity contribution in [2.45, 2.75) is 43.7 Å². The molecule has 2 heterocycles. The molecule has 5 heteroatoms. The van der Waals surface area contributed by atoms with E-state index >= 15 is 0 Å². The van der Waals surface area contributed by atoms with E-state index in [1.807, 2.05) is 6.07 Å². The van der Waals surface area contributed by atoms with Crippen LogP contribution in [0.1, 0.15) is 36.9 Å². The summed E-state index contributed by atoms with van der Waals surface area (Å²) in [4.78, 5) is 4.13. The van der Waals surface area contributed by atoms with E-state index in [1.165, 1.54) is 12.8 Å². The zero-order valence-corrected chi connectivity index (χ0v) is 11.8. The molecular formula is C16H19F3N2. The first-order valence-electron chi connectivity index (χ1n) is 7.65. The molecule has 0 radical (unpaired) electrons. The van der Waals surface area contributed by atoms with Crippen molar-refractivity contribution in [2.75, 3.05) is 13.1 Å². The standard InChI is InChI=1S/C16H19F3N2/c17-16(18,19)15(3-4-15)13-2-1-11(8-21-13)5-12-6-14(7-12)9-20-10-14/h1-2,8,12,20H,3-7,9-10H2. The number of nitrogens with one attached hydrogen (secondary N) is 1. The quantitative estimate of drug-likeness (QED) is 0.926. The van der Waals surface area contributed by atoms with Crippen molar-refractivity contribution >= 4 is 0 Å². The molecule has 1 N–H and O–H groups in total. The van der Waals surface area contributed by atoms with Crippen LogP contribution < -0.4 is 5.32 Å². The molecule has 0 aromatic carbocycles. The normalized spacial score (nSPS) is 26.2. The van der Waals surface area contributed by atoms with E-state index in [0.29, 0.717) is 11.3 Å². The average Bonchev–Trinajstić information content (AvgIpc) is 3.12. The highest BCUT2D eigenvalue weighted by atomic mass is 19.4. The van der Waals surface area contributed by atoms with Crippen molar-refractivity contribution in [2.24, 2.45) is 11.3 Å². The van der Waals surface area contributed by atoms with Gasteiger partial charge in [-0.05, 0) is 55.1 Å². The maximum Gasteiger partial charge on any atom is 0.399 e. The fourth-order valence-electron chi connectivity index (χ4n) is 4.05. The Kier molecular flexibility index (Phi) is 2.72. The molecule has 1 saturated heterocycles. The van der Waals surface area contributed by atoms with Crippen molar-refractivity contribution in [3.05, 3.63) is 29.6 Å². The Morgan fingerprint density at radius 1 is 1.19 bits per heavy atom. The summed E-state index contributed by atoms with van der Waals surface area (Å²) < 4.78 is 39.1. The summed E-state index contributed by atoms with van der Waals surface area (Å²) in [6, 6.07) is 3.44. The molecule has 1 aromatic heterocycles. The van der Waals surface area contributed by atoms with Gasteiger partial charge < -0.3 is 5.32 Å². The molecule has 114 valence electrons. The molecule has 1 aromatic rings. The van der Waals surface area contributed by atoms with E-state index in [0.717, 1.165) is 25.1 Å². The monoisotopic (exact) mass is 296 g/mol. The Bertz CT molecular complexity index is 534. The lowest BCUT2D eigenvalue weighted by Crippen LogP contribution is -2.60. The fraction of sp³-hybridized carbons (Fsp3) is 0.688. The van der Waals surface area contributed by atoms with E-state index in [9.17, 15) is 13.2 Å². The van der Waals surface area contributed by atoms with Crippen molar-refractivity contribution < 1.29 is 13.2 Å². The molecule has 1 aliphatic heterocycles. The number of halogens is 3. The number of rotatable bonds is 3. The fourth-order valence-corrected chi connectivity index (χ4v) is 4.05. The van der Waals surface area contributed by atoms with Crippen LogP contribution in [0.4, 0.5) is 13.2 Å². The summed E-state index contributed by atoms with van der Waals surface area (Å²) in [5, 5.41) is 3.31. The van der Waals surface area contributed by atoms with Crippen molar-refractivity contribution in [3.8, 4) is 0 Å². The maximum absolute atomic E-state index is 13.0. The topological polar surface area (TPSA) is 24.9 Å². The molecule has 1 spiro atoms. The van der Waals surface area contributed by atoms with Gasteiger partial charge in [-0.25, -0.2) is 0 Å². The molecule has 0 unspecified atom stereocenters. The van der Waals surface area contributed by atoms with Gasteiger partial charge in [0.25, 0.3) is 0 Å². The average molecular weight is 296 g/mol. The highest BCUT2D eigenvalue weighted by Crippen LogP contribution is 2.58. The zero-order chi connectivity index (χ0) is 14.7. The summed E-state index contributed by atoms with van der Waals surface area (Å²) in [5.41, 5.74) is 0.173. The second-order valence-corrected chi connectivity index (χ2v) is 7.21. The third-order valence-electron chi connectivity index (χ3n) is 5.58. The van der Waals surface area contributed by atoms with E-state index in [2.05, 4.69) is 10.3 Å². The van der Waals surface area contributed by atoms with Gasteiger partial charge >= 0.3 is 6.18 Å². The SMILES string of the molecule is FC(F)(F)C1(c2ccc(CC3CC4(CNC4)C3)cn2)CC1. The summed E-state index contributed by atoms with van der Waals surface area (Å²) in [6.45, 7) is 2.27. The van der Waals surface area contributed by atoms with Crippen LogP contribution in [0.5, 0.6) is 0 Å². The van der Waals surface area contributed by atoms with Gasteiger partial charge in [-0.1, -0.05) is 6.07 Å². The number of hydrogen-bond donors (Lipinski definition) is 1. The van der Waals surface area contributed by atoms with E-state index < -0.39 is 11.6 Å². The summed E-state index contributed by atoms with van der Waals surface area (Å²) in [5.74, 6) is 0.678. The number of alkyl halides is 3. The highest BCUT2D eigenvalue weighted by Gasteiger charge is 2.65. The van der Waals surface area contributed by atoms with Gasteiger partial charge in [0.2, 0.25) is 0 Å². The van der Waals surface area contributed by atoms with Gasteiger partial charge in [0, 0.05) is 19.3 Å². The number of hydrogen-bond acceptors (Lipinski definition) is 2. The van der Waals surface area contributed by atoms with E-state index in [4.69, 9.17) is 0 Å². The van der Waals surface area contributed by atoms with Crippen LogP contribution in [0.2, 0.25) is 0 Å². The summed E-state index contributed by atoms with van der Waals surface area (Å²) >= 11 is 0. The van der Waals surface area contributed by atoms with Gasteiger partial charge in [-0.2, -0.15) is 13.2 Å². The van der Waals surface area contributed by atoms with Gasteiger partial charge in [0.1, 0.15) is 5.41 Å². The van der Waals surface area contributed by atoms with Crippen LogP contribution in [-0.4, -0.2) is 24.2 Å². The van der Waals surface area contributed by atoms with Crippen LogP contribution in [-0.2, 0) is 11.8 Å². The minimum Gasteiger partial charge on any atom is -0.316 e. The Morgan fingerprint density at radius 2 is 1.90 bits per heavy atom. The second kappa shape index (κ2) is 4.22. The molecule has 3 fully saturated rings. The van der Waals surface area contributed by atoms with Crippen molar-refractivity contribution in [1.82, 2.24) is 10.3 Å². The van der Waals surface area contributed by atoms with Crippen molar-refractivity contribution in [1.29, 1.82) is 0 Å². The minimum atomic E-state index is -4.17.